The summed E-state index contributed by atoms with van der Waals surface area (Å²) in [4.78, 5) is 28.5. The van der Waals surface area contributed by atoms with Gasteiger partial charge in [0, 0.05) is 49.1 Å². The van der Waals surface area contributed by atoms with Gasteiger partial charge in [-0.3, -0.25) is 15.0 Å². The van der Waals surface area contributed by atoms with E-state index in [2.05, 4.69) is 27.5 Å². The van der Waals surface area contributed by atoms with Gasteiger partial charge in [0.25, 0.3) is 0 Å². The molecule has 0 unspecified atom stereocenters. The van der Waals surface area contributed by atoms with Gasteiger partial charge >= 0.3 is 57.6 Å². The Balaban J connectivity index is 0.000000579. The second-order valence-corrected chi connectivity index (χ2v) is 9.35. The van der Waals surface area contributed by atoms with Crippen LogP contribution >= 0.6 is 11.6 Å². The summed E-state index contributed by atoms with van der Waals surface area (Å²) < 4.78 is 41.7. The molecule has 0 aromatic heterocycles. The van der Waals surface area contributed by atoms with Gasteiger partial charge < -0.3 is 36.7 Å². The van der Waals surface area contributed by atoms with Crippen molar-refractivity contribution in [3.63, 3.8) is 0 Å². The van der Waals surface area contributed by atoms with Crippen LogP contribution in [-0.2, 0) is 15.7 Å². The number of ether oxygens (including phenoxy) is 1. The second-order valence-electron chi connectivity index (χ2n) is 8.94. The van der Waals surface area contributed by atoms with Crippen LogP contribution in [0, 0.1) is 24.2 Å². The number of nitrogens with one attached hydrogen (secondary N) is 2. The summed E-state index contributed by atoms with van der Waals surface area (Å²) in [7, 11) is 3.33. The van der Waals surface area contributed by atoms with Gasteiger partial charge in [0.15, 0.2) is 0 Å². The zero-order valence-electron chi connectivity index (χ0n) is 24.8. The first-order chi connectivity index (χ1) is 20.3. The third kappa shape index (κ3) is 11.9. The molecule has 15 heteroatoms. The molecule has 1 saturated heterocycles. The SMILES string of the molecule is C[N-]C(=NCC(=O)N1CCOCC1)/C(C(=N)N)=C(\N)C#Cc1cc(NC)ccc1C.O=Cc1ccc(Cl)c(C(F)(F)F)c1.[K+]. The molecule has 44 heavy (non-hydrogen) atoms. The van der Waals surface area contributed by atoms with Crippen LogP contribution in [0.15, 0.2) is 52.7 Å². The average molecular weight is 658 g/mol. The molecule has 2 aromatic carbocycles. The van der Waals surface area contributed by atoms with Gasteiger partial charge in [-0.25, -0.2) is 0 Å². The third-order valence-electron chi connectivity index (χ3n) is 5.99. The number of nitrogens with two attached hydrogens (primary N) is 2. The van der Waals surface area contributed by atoms with E-state index < -0.39 is 16.8 Å². The largest absolute Gasteiger partial charge is 1.00 e. The molecule has 6 N–H and O–H groups in total. The molecule has 1 aliphatic rings. The predicted molar refractivity (Wildman–Crippen MR) is 162 cm³/mol. The number of hydrogen-bond acceptors (Lipinski definition) is 7. The van der Waals surface area contributed by atoms with Gasteiger partial charge in [-0.1, -0.05) is 42.5 Å². The summed E-state index contributed by atoms with van der Waals surface area (Å²) in [6.07, 6.45) is -4.18. The van der Waals surface area contributed by atoms with Gasteiger partial charge in [0.2, 0.25) is 5.91 Å². The monoisotopic (exact) mass is 657 g/mol. The van der Waals surface area contributed by atoms with Crippen LogP contribution < -0.4 is 68.2 Å². The van der Waals surface area contributed by atoms with E-state index >= 15 is 0 Å². The van der Waals surface area contributed by atoms with E-state index in [0.29, 0.717) is 32.6 Å². The second kappa shape index (κ2) is 18.8. The zero-order valence-corrected chi connectivity index (χ0v) is 28.7. The number of carbonyl (C=O) groups excluding carboxylic acids is 2. The molecule has 1 fully saturated rings. The summed E-state index contributed by atoms with van der Waals surface area (Å²) >= 11 is 5.30. The number of aryl methyl sites for hydroxylation is 1. The van der Waals surface area contributed by atoms with Crippen molar-refractivity contribution in [2.75, 3.05) is 52.3 Å². The Hall–Kier alpha value is -2.90. The Morgan fingerprint density at radius 3 is 2.43 bits per heavy atom. The molecule has 0 aliphatic carbocycles. The number of halogens is 4. The van der Waals surface area contributed by atoms with E-state index in [1.165, 1.54) is 13.1 Å². The summed E-state index contributed by atoms with van der Waals surface area (Å²) in [6.45, 7) is 3.90. The maximum absolute atomic E-state index is 12.3. The number of anilines is 1. The number of amidine groups is 2. The van der Waals surface area contributed by atoms with Gasteiger partial charge in [0.05, 0.1) is 29.5 Å². The van der Waals surface area contributed by atoms with E-state index in [-0.39, 0.29) is 92.3 Å². The van der Waals surface area contributed by atoms with Crippen molar-refractivity contribution < 1.29 is 78.9 Å². The van der Waals surface area contributed by atoms with Crippen molar-refractivity contribution in [3.8, 4) is 11.8 Å². The molecule has 0 atom stereocenters. The van der Waals surface area contributed by atoms with Gasteiger partial charge in [-0.15, -0.1) is 0 Å². The number of likely N-dealkylation sites (N-methyl/N-ethyl adjacent to an activating group) is 1. The van der Waals surface area contributed by atoms with E-state index in [4.69, 9.17) is 33.2 Å². The first kappa shape index (κ1) is 39.1. The molecule has 3 rings (SSSR count). The van der Waals surface area contributed by atoms with Crippen molar-refractivity contribution in [1.82, 2.24) is 4.90 Å². The molecule has 230 valence electrons. The molecule has 2 aromatic rings. The zero-order chi connectivity index (χ0) is 32.2. The topological polar surface area (TPSA) is 161 Å². The van der Waals surface area contributed by atoms with Gasteiger partial charge in [-0.05, 0) is 42.7 Å². The minimum atomic E-state index is -4.52. The van der Waals surface area contributed by atoms with Crippen LogP contribution in [0.1, 0.15) is 27.0 Å². The summed E-state index contributed by atoms with van der Waals surface area (Å²) in [5, 5.41) is 14.6. The van der Waals surface area contributed by atoms with Crippen LogP contribution in [-0.4, -0.2) is 75.7 Å². The van der Waals surface area contributed by atoms with Crippen molar-refractivity contribution in [1.29, 1.82) is 5.41 Å². The summed E-state index contributed by atoms with van der Waals surface area (Å²) in [6, 6.07) is 8.80. The third-order valence-corrected chi connectivity index (χ3v) is 6.32. The standard InChI is InChI=1S/C21H28N7O2.C8H4ClF3O.K/c1-14-4-6-16(25-2)12-15(14)5-7-17(22)19(20(23)24)21(26-3)27-13-18(29)28-8-10-30-11-9-28;9-7-2-1-5(4-13)3-6(7)8(10,11)12;/h4,6,12,25H,8-11,13H2,1-3H3,(H5-,22,23,24,26,27);1-4H;/q-1;;+1. The Bertz CT molecular complexity index is 1460. The van der Waals surface area contributed by atoms with Crippen molar-refractivity contribution in [3.05, 3.63) is 80.3 Å². The number of allylic oxidation sites excluding steroid dienone is 1. The quantitative estimate of drug-likeness (QED) is 0.119. The minimum Gasteiger partial charge on any atom is -0.468 e. The van der Waals surface area contributed by atoms with Crippen LogP contribution in [0.2, 0.25) is 5.02 Å². The molecule has 1 aliphatic heterocycles. The number of aldehydes is 1. The van der Waals surface area contributed by atoms with Crippen molar-refractivity contribution in [2.45, 2.75) is 13.1 Å². The van der Waals surface area contributed by atoms with Gasteiger partial charge in [-0.2, -0.15) is 13.2 Å². The maximum Gasteiger partial charge on any atom is 1.00 e. The molecule has 1 amide bonds. The van der Waals surface area contributed by atoms with E-state index in [1.807, 2.05) is 32.2 Å². The molecule has 0 spiro atoms. The fourth-order valence-electron chi connectivity index (χ4n) is 3.65. The number of aliphatic imine (C=N–C) groups is 1. The number of benzene rings is 2. The number of hydrogen-bond donors (Lipinski definition) is 4. The number of carbonyl (C=O) groups is 2. The Morgan fingerprint density at radius 1 is 1.23 bits per heavy atom. The van der Waals surface area contributed by atoms with Gasteiger partial charge in [0.1, 0.15) is 12.1 Å². The van der Waals surface area contributed by atoms with E-state index in [1.54, 1.807) is 4.90 Å². The minimum absolute atomic E-state index is 0. The van der Waals surface area contributed by atoms with E-state index in [0.717, 1.165) is 28.9 Å². The summed E-state index contributed by atoms with van der Waals surface area (Å²) in [5.74, 6) is 5.51. The van der Waals surface area contributed by atoms with Crippen LogP contribution in [0.4, 0.5) is 18.9 Å². The Kier molecular flexibility index (Phi) is 16.7. The summed E-state index contributed by atoms with van der Waals surface area (Å²) in [5.41, 5.74) is 13.7. The molecule has 0 saturated carbocycles. The maximum atomic E-state index is 12.3. The number of nitrogens with zero attached hydrogens (tertiary/aromatic N) is 3. The molecule has 0 radical (unpaired) electrons. The molecular weight excluding hydrogens is 626 g/mol. The van der Waals surface area contributed by atoms with Crippen LogP contribution in [0.3, 0.4) is 0 Å². The van der Waals surface area contributed by atoms with Crippen molar-refractivity contribution >= 4 is 41.2 Å². The number of amides is 1. The van der Waals surface area contributed by atoms with Crippen LogP contribution in [0.5, 0.6) is 0 Å². The fourth-order valence-corrected chi connectivity index (χ4v) is 3.87. The predicted octanol–water partition coefficient (Wildman–Crippen LogP) is 0.973. The fraction of sp³-hybridized carbons (Fsp3) is 0.310. The molecule has 0 bridgehead atoms. The smallest absolute Gasteiger partial charge is 0.468 e. The van der Waals surface area contributed by atoms with Crippen LogP contribution in [0.25, 0.3) is 5.32 Å². The molecular formula is C29H32ClF3KN7O3. The first-order valence-corrected chi connectivity index (χ1v) is 13.2. The molecule has 10 nitrogen and oxygen atoms in total. The first-order valence-electron chi connectivity index (χ1n) is 12.8. The normalized spacial score (nSPS) is 13.5. The van der Waals surface area contributed by atoms with Crippen molar-refractivity contribution in [2.24, 2.45) is 16.5 Å². The Morgan fingerprint density at radius 2 is 1.89 bits per heavy atom. The van der Waals surface area contributed by atoms with E-state index in [9.17, 15) is 22.8 Å². The Labute approximate surface area is 301 Å². The number of alkyl halides is 3. The number of rotatable bonds is 6. The molecule has 1 heterocycles. The average Bonchev–Trinajstić information content (AvgIpc) is 2.98. The number of morpholine rings is 1.